The van der Waals surface area contributed by atoms with Crippen molar-refractivity contribution < 1.29 is 27.6 Å². The highest BCUT2D eigenvalue weighted by atomic mass is 35.5. The van der Waals surface area contributed by atoms with Crippen LogP contribution in [-0.4, -0.2) is 29.3 Å². The summed E-state index contributed by atoms with van der Waals surface area (Å²) in [6.45, 7) is 3.47. The van der Waals surface area contributed by atoms with Crippen LogP contribution < -0.4 is 10.2 Å². The van der Waals surface area contributed by atoms with E-state index in [9.17, 15) is 27.6 Å². The number of hydrogen-bond acceptors (Lipinski definition) is 3. The van der Waals surface area contributed by atoms with Gasteiger partial charge in [0, 0.05) is 33.4 Å². The lowest BCUT2D eigenvalue weighted by Gasteiger charge is -2.35. The average Bonchev–Trinajstić information content (AvgIpc) is 2.97. The van der Waals surface area contributed by atoms with Gasteiger partial charge in [0.05, 0.1) is 5.57 Å². The van der Waals surface area contributed by atoms with Crippen LogP contribution in [0.25, 0.3) is 0 Å². The Bertz CT molecular complexity index is 1220. The van der Waals surface area contributed by atoms with Gasteiger partial charge in [-0.3, -0.25) is 19.3 Å². The zero-order valence-electron chi connectivity index (χ0n) is 18.1. The second-order valence-electron chi connectivity index (χ2n) is 9.09. The Hall–Kier alpha value is -2.84. The third-order valence-corrected chi connectivity index (χ3v) is 6.44. The molecule has 34 heavy (non-hydrogen) atoms. The smallest absolute Gasteiger partial charge is 0.326 e. The molecule has 2 aromatic carbocycles. The van der Waals surface area contributed by atoms with E-state index in [0.717, 1.165) is 4.90 Å². The van der Waals surface area contributed by atoms with Crippen molar-refractivity contribution >= 4 is 46.5 Å². The third-order valence-electron chi connectivity index (χ3n) is 5.94. The molecule has 1 heterocycles. The van der Waals surface area contributed by atoms with Crippen LogP contribution in [0.3, 0.4) is 0 Å². The quantitative estimate of drug-likeness (QED) is 0.574. The van der Waals surface area contributed by atoms with Crippen LogP contribution in [0.2, 0.25) is 10.0 Å². The van der Waals surface area contributed by atoms with Crippen molar-refractivity contribution in [3.63, 3.8) is 0 Å². The maximum Gasteiger partial charge on any atom is 0.425 e. The van der Waals surface area contributed by atoms with Gasteiger partial charge in [-0.25, -0.2) is 0 Å². The molecule has 0 aromatic heterocycles. The first-order valence-corrected chi connectivity index (χ1v) is 11.0. The van der Waals surface area contributed by atoms with Gasteiger partial charge in [0.15, 0.2) is 5.78 Å². The number of carbonyl (C=O) groups excluding carboxylic acids is 3. The fourth-order valence-electron chi connectivity index (χ4n) is 4.46. The van der Waals surface area contributed by atoms with Crippen LogP contribution in [0, 0.1) is 5.41 Å². The number of amides is 2. The van der Waals surface area contributed by atoms with Gasteiger partial charge in [-0.15, -0.1) is 0 Å². The molecule has 0 fully saturated rings. The maximum absolute atomic E-state index is 14.8. The highest BCUT2D eigenvalue weighted by molar-refractivity contribution is 6.31. The van der Waals surface area contributed by atoms with Crippen molar-refractivity contribution in [2.45, 2.75) is 38.4 Å². The summed E-state index contributed by atoms with van der Waals surface area (Å²) in [6, 6.07) is 10.8. The number of alkyl halides is 3. The third kappa shape index (κ3) is 3.88. The van der Waals surface area contributed by atoms with Crippen LogP contribution in [0.5, 0.6) is 0 Å². The number of hydrogen-bond donors (Lipinski definition) is 1. The normalized spacial score (nSPS) is 22.1. The molecule has 0 saturated carbocycles. The molecule has 5 nitrogen and oxygen atoms in total. The SMILES string of the molecule is CC1(C)CC(=O)C2=C(C1)N(c1ccc(Cl)cc1)C(=O)C2(NC(=O)c1ccc(Cl)cc1)C(F)(F)F. The minimum absolute atomic E-state index is 0.0249. The molecule has 1 aliphatic heterocycles. The van der Waals surface area contributed by atoms with Gasteiger partial charge < -0.3 is 5.32 Å². The molecule has 0 spiro atoms. The topological polar surface area (TPSA) is 66.5 Å². The van der Waals surface area contributed by atoms with Crippen LogP contribution in [0.4, 0.5) is 18.9 Å². The molecule has 1 atom stereocenters. The van der Waals surface area contributed by atoms with E-state index in [-0.39, 0.29) is 34.8 Å². The number of carbonyl (C=O) groups is 3. The van der Waals surface area contributed by atoms with E-state index in [1.807, 2.05) is 5.32 Å². The molecular formula is C24H19Cl2F3N2O3. The zero-order valence-corrected chi connectivity index (χ0v) is 19.6. The number of halogens is 5. The van der Waals surface area contributed by atoms with Crippen LogP contribution >= 0.6 is 23.2 Å². The summed E-state index contributed by atoms with van der Waals surface area (Å²) in [7, 11) is 0. The van der Waals surface area contributed by atoms with Crippen molar-refractivity contribution in [2.24, 2.45) is 5.41 Å². The van der Waals surface area contributed by atoms with Gasteiger partial charge in [-0.2, -0.15) is 13.2 Å². The van der Waals surface area contributed by atoms with Crippen LogP contribution in [0.15, 0.2) is 59.8 Å². The minimum atomic E-state index is -5.30. The summed E-state index contributed by atoms with van der Waals surface area (Å²) in [6.07, 6.45) is -5.48. The van der Waals surface area contributed by atoms with E-state index in [1.165, 1.54) is 48.5 Å². The van der Waals surface area contributed by atoms with Gasteiger partial charge in [0.2, 0.25) is 5.54 Å². The number of anilines is 1. The highest BCUT2D eigenvalue weighted by Gasteiger charge is 2.72. The Balaban J connectivity index is 1.93. The van der Waals surface area contributed by atoms with Crippen molar-refractivity contribution in [3.05, 3.63) is 75.4 Å². The zero-order chi connectivity index (χ0) is 25.1. The summed E-state index contributed by atoms with van der Waals surface area (Å²) < 4.78 is 44.4. The molecule has 178 valence electrons. The molecule has 2 aromatic rings. The average molecular weight is 511 g/mol. The van der Waals surface area contributed by atoms with E-state index in [0.29, 0.717) is 5.02 Å². The highest BCUT2D eigenvalue weighted by Crippen LogP contribution is 2.52. The Morgan fingerprint density at radius 1 is 0.941 bits per heavy atom. The lowest BCUT2D eigenvalue weighted by molar-refractivity contribution is -0.186. The largest absolute Gasteiger partial charge is 0.425 e. The van der Waals surface area contributed by atoms with E-state index in [1.54, 1.807) is 13.8 Å². The molecule has 0 radical (unpaired) electrons. The number of allylic oxidation sites excluding steroid dienone is 1. The van der Waals surface area contributed by atoms with Crippen molar-refractivity contribution in [1.29, 1.82) is 0 Å². The van der Waals surface area contributed by atoms with E-state index in [2.05, 4.69) is 0 Å². The van der Waals surface area contributed by atoms with Crippen LogP contribution in [-0.2, 0) is 9.59 Å². The molecule has 0 bridgehead atoms. The number of nitrogens with one attached hydrogen (secondary N) is 1. The maximum atomic E-state index is 14.8. The number of benzene rings is 2. The van der Waals surface area contributed by atoms with Gasteiger partial charge in [-0.05, 0) is 60.4 Å². The fourth-order valence-corrected chi connectivity index (χ4v) is 4.71. The predicted molar refractivity (Wildman–Crippen MR) is 122 cm³/mol. The molecule has 2 amide bonds. The van der Waals surface area contributed by atoms with Crippen molar-refractivity contribution in [1.82, 2.24) is 5.32 Å². The number of rotatable bonds is 3. The van der Waals surface area contributed by atoms with E-state index in [4.69, 9.17) is 23.2 Å². The number of ketones is 1. The lowest BCUT2D eigenvalue weighted by atomic mass is 9.72. The minimum Gasteiger partial charge on any atom is -0.326 e. The molecular weight excluding hydrogens is 492 g/mol. The molecule has 10 heteroatoms. The number of nitrogens with zero attached hydrogens (tertiary/aromatic N) is 1. The summed E-state index contributed by atoms with van der Waals surface area (Å²) >= 11 is 11.7. The summed E-state index contributed by atoms with van der Waals surface area (Å²) in [5.74, 6) is -3.48. The molecule has 4 rings (SSSR count). The second-order valence-corrected chi connectivity index (χ2v) is 9.96. The lowest BCUT2D eigenvalue weighted by Crippen LogP contribution is -2.66. The number of Topliss-reactive ketones (excluding diaryl/α,β-unsaturated/α-hetero) is 1. The Morgan fingerprint density at radius 2 is 1.47 bits per heavy atom. The fraction of sp³-hybridized carbons (Fsp3) is 0.292. The summed E-state index contributed by atoms with van der Waals surface area (Å²) in [5.41, 5.74) is -5.09. The Kier molecular flexibility index (Phi) is 5.81. The van der Waals surface area contributed by atoms with Crippen molar-refractivity contribution in [3.8, 4) is 0 Å². The molecule has 1 unspecified atom stereocenters. The van der Waals surface area contributed by atoms with Gasteiger partial charge in [-0.1, -0.05) is 37.0 Å². The van der Waals surface area contributed by atoms with Gasteiger partial charge in [0.25, 0.3) is 11.8 Å². The summed E-state index contributed by atoms with van der Waals surface area (Å²) in [4.78, 5) is 40.6. The summed E-state index contributed by atoms with van der Waals surface area (Å²) in [5, 5.41) is 2.49. The first-order valence-electron chi connectivity index (χ1n) is 10.3. The molecule has 2 aliphatic rings. The Labute approximate surface area is 203 Å². The van der Waals surface area contributed by atoms with Gasteiger partial charge >= 0.3 is 6.18 Å². The van der Waals surface area contributed by atoms with E-state index < -0.39 is 40.3 Å². The Morgan fingerprint density at radius 3 is 2.00 bits per heavy atom. The monoisotopic (exact) mass is 510 g/mol. The second kappa shape index (κ2) is 8.13. The van der Waals surface area contributed by atoms with Gasteiger partial charge in [0.1, 0.15) is 0 Å². The first-order chi connectivity index (χ1) is 15.8. The standard InChI is InChI=1S/C24H19Cl2F3N2O3/c1-22(2)11-17-19(18(32)12-22)23(24(27,28)29,30-20(33)13-3-5-14(25)6-4-13)21(34)31(17)16-9-7-15(26)8-10-16/h3-10H,11-12H2,1-2H3,(H,30,33). The van der Waals surface area contributed by atoms with Crippen LogP contribution in [0.1, 0.15) is 37.0 Å². The molecule has 0 saturated heterocycles. The predicted octanol–water partition coefficient (Wildman–Crippen LogP) is 5.71. The molecule has 1 N–H and O–H groups in total. The van der Waals surface area contributed by atoms with E-state index >= 15 is 0 Å². The molecule has 1 aliphatic carbocycles. The first kappa shape index (κ1) is 24.3. The van der Waals surface area contributed by atoms with Crippen molar-refractivity contribution in [2.75, 3.05) is 4.90 Å².